The van der Waals surface area contributed by atoms with Crippen LogP contribution < -0.4 is 29.0 Å². The second-order valence-electron chi connectivity index (χ2n) is 6.95. The van der Waals surface area contributed by atoms with Crippen molar-refractivity contribution in [2.75, 3.05) is 38.0 Å². The van der Waals surface area contributed by atoms with Crippen LogP contribution in [0.15, 0.2) is 59.5 Å². The Morgan fingerprint density at radius 1 is 0.829 bits per heavy atom. The van der Waals surface area contributed by atoms with Gasteiger partial charge in [-0.3, -0.25) is 9.52 Å². The average molecular weight is 541 g/mol. The summed E-state index contributed by atoms with van der Waals surface area (Å²) in [6, 6.07) is 13.3. The molecule has 12 heteroatoms. The molecule has 0 aliphatic rings. The van der Waals surface area contributed by atoms with E-state index < -0.39 is 22.5 Å². The normalized spacial score (nSPS) is 10.9. The summed E-state index contributed by atoms with van der Waals surface area (Å²) in [5.74, 6) is 0.899. The Morgan fingerprint density at radius 2 is 1.49 bits per heavy atom. The number of halogens is 2. The molecule has 0 aliphatic carbocycles. The molecule has 3 aromatic carbocycles. The summed E-state index contributed by atoms with van der Waals surface area (Å²) in [4.78, 5) is 12.3. The zero-order valence-corrected chi connectivity index (χ0v) is 21.3. The summed E-state index contributed by atoms with van der Waals surface area (Å²) in [5.41, 5.74) is 0.688. The van der Waals surface area contributed by atoms with Crippen LogP contribution in [0.25, 0.3) is 0 Å². The molecule has 0 saturated heterocycles. The van der Waals surface area contributed by atoms with Gasteiger partial charge in [0.2, 0.25) is 0 Å². The Labute approximate surface area is 212 Å². The maximum atomic E-state index is 12.7. The number of hydrogen-bond acceptors (Lipinski definition) is 7. The van der Waals surface area contributed by atoms with Crippen molar-refractivity contribution < 1.29 is 32.2 Å². The van der Waals surface area contributed by atoms with E-state index in [9.17, 15) is 13.2 Å². The minimum Gasteiger partial charge on any atom is -0.497 e. The van der Waals surface area contributed by atoms with Gasteiger partial charge in [0.25, 0.3) is 15.9 Å². The Hall–Kier alpha value is -3.34. The molecule has 0 atom stereocenters. The summed E-state index contributed by atoms with van der Waals surface area (Å²) in [6.07, 6.45) is 0. The summed E-state index contributed by atoms with van der Waals surface area (Å²) in [5, 5.41) is 2.97. The lowest BCUT2D eigenvalue weighted by atomic mass is 10.2. The van der Waals surface area contributed by atoms with Crippen LogP contribution in [0.2, 0.25) is 10.0 Å². The van der Waals surface area contributed by atoms with Crippen LogP contribution in [0.5, 0.6) is 23.0 Å². The van der Waals surface area contributed by atoms with Crippen molar-refractivity contribution >= 4 is 50.5 Å². The molecule has 0 spiro atoms. The second kappa shape index (κ2) is 11.4. The quantitative estimate of drug-likeness (QED) is 0.378. The first-order valence-electron chi connectivity index (χ1n) is 9.97. The Morgan fingerprint density at radius 3 is 2.09 bits per heavy atom. The highest BCUT2D eigenvalue weighted by Crippen LogP contribution is 2.36. The molecule has 0 unspecified atom stereocenters. The van der Waals surface area contributed by atoms with Gasteiger partial charge >= 0.3 is 0 Å². The number of sulfonamides is 1. The lowest BCUT2D eigenvalue weighted by Gasteiger charge is -2.14. The molecule has 0 radical (unpaired) electrons. The van der Waals surface area contributed by atoms with Crippen LogP contribution in [-0.4, -0.2) is 42.3 Å². The number of ether oxygens (including phenoxy) is 4. The Bertz CT molecular complexity index is 1320. The van der Waals surface area contributed by atoms with Gasteiger partial charge in [-0.05, 0) is 42.5 Å². The van der Waals surface area contributed by atoms with Crippen molar-refractivity contribution in [2.45, 2.75) is 4.90 Å². The van der Waals surface area contributed by atoms with Gasteiger partial charge < -0.3 is 24.3 Å². The maximum Gasteiger partial charge on any atom is 0.262 e. The molecule has 186 valence electrons. The van der Waals surface area contributed by atoms with Gasteiger partial charge in [-0.25, -0.2) is 8.42 Å². The van der Waals surface area contributed by atoms with E-state index in [0.29, 0.717) is 33.6 Å². The molecule has 0 aromatic heterocycles. The van der Waals surface area contributed by atoms with Crippen LogP contribution in [0.4, 0.5) is 11.4 Å². The first kappa shape index (κ1) is 26.3. The second-order valence-corrected chi connectivity index (χ2v) is 9.45. The van der Waals surface area contributed by atoms with E-state index in [1.165, 1.54) is 51.7 Å². The van der Waals surface area contributed by atoms with Gasteiger partial charge in [0, 0.05) is 17.8 Å². The molecule has 2 N–H and O–H groups in total. The van der Waals surface area contributed by atoms with Crippen LogP contribution in [-0.2, 0) is 14.8 Å². The lowest BCUT2D eigenvalue weighted by Crippen LogP contribution is -2.20. The van der Waals surface area contributed by atoms with E-state index in [0.717, 1.165) is 0 Å². The Kier molecular flexibility index (Phi) is 8.55. The average Bonchev–Trinajstić information content (AvgIpc) is 2.84. The molecule has 0 fully saturated rings. The topological polar surface area (TPSA) is 112 Å². The number of amides is 1. The van der Waals surface area contributed by atoms with Crippen molar-refractivity contribution in [1.82, 2.24) is 0 Å². The van der Waals surface area contributed by atoms with Crippen LogP contribution in [0, 0.1) is 0 Å². The molecule has 0 bridgehead atoms. The van der Waals surface area contributed by atoms with Crippen LogP contribution in [0.1, 0.15) is 0 Å². The third-order valence-corrected chi connectivity index (χ3v) is 6.63. The number of benzene rings is 3. The highest BCUT2D eigenvalue weighted by molar-refractivity contribution is 7.92. The molecule has 3 aromatic rings. The van der Waals surface area contributed by atoms with Crippen molar-refractivity contribution in [3.05, 3.63) is 64.6 Å². The molecular weight excluding hydrogens is 519 g/mol. The SMILES string of the molecule is COc1ccc(NS(=O)(=O)c2ccc(OCC(=O)Nc3cc(OC)c(Cl)cc3OC)c(Cl)c2)cc1. The van der Waals surface area contributed by atoms with Gasteiger partial charge in [0.1, 0.15) is 23.0 Å². The molecule has 1 amide bonds. The fourth-order valence-corrected chi connectivity index (χ4v) is 4.54. The smallest absolute Gasteiger partial charge is 0.262 e. The zero-order chi connectivity index (χ0) is 25.6. The van der Waals surface area contributed by atoms with Gasteiger partial charge in [-0.15, -0.1) is 0 Å². The van der Waals surface area contributed by atoms with E-state index >= 15 is 0 Å². The first-order chi connectivity index (χ1) is 16.7. The summed E-state index contributed by atoms with van der Waals surface area (Å²) < 4.78 is 48.7. The highest BCUT2D eigenvalue weighted by atomic mass is 35.5. The first-order valence-corrected chi connectivity index (χ1v) is 12.2. The summed E-state index contributed by atoms with van der Waals surface area (Å²) in [7, 11) is 0.484. The van der Waals surface area contributed by atoms with E-state index in [1.807, 2.05) is 0 Å². The fourth-order valence-electron chi connectivity index (χ4n) is 2.93. The highest BCUT2D eigenvalue weighted by Gasteiger charge is 2.18. The predicted octanol–water partition coefficient (Wildman–Crippen LogP) is 4.84. The largest absolute Gasteiger partial charge is 0.497 e. The van der Waals surface area contributed by atoms with Crippen molar-refractivity contribution in [3.8, 4) is 23.0 Å². The number of carbonyl (C=O) groups excluding carboxylic acids is 1. The maximum absolute atomic E-state index is 12.7. The Balaban J connectivity index is 1.66. The molecule has 0 heterocycles. The molecule has 0 aliphatic heterocycles. The number of anilines is 2. The van der Waals surface area contributed by atoms with E-state index in [2.05, 4.69) is 10.0 Å². The molecule has 35 heavy (non-hydrogen) atoms. The summed E-state index contributed by atoms with van der Waals surface area (Å²) >= 11 is 12.3. The number of rotatable bonds is 10. The van der Waals surface area contributed by atoms with E-state index in [-0.39, 0.29) is 15.7 Å². The monoisotopic (exact) mass is 540 g/mol. The van der Waals surface area contributed by atoms with Crippen molar-refractivity contribution in [1.29, 1.82) is 0 Å². The van der Waals surface area contributed by atoms with Crippen LogP contribution in [0.3, 0.4) is 0 Å². The summed E-state index contributed by atoms with van der Waals surface area (Å²) in [6.45, 7) is -0.399. The zero-order valence-electron chi connectivity index (χ0n) is 18.9. The minimum absolute atomic E-state index is 0.0150. The fraction of sp³-hybridized carbons (Fsp3) is 0.174. The minimum atomic E-state index is -3.91. The standard InChI is InChI=1S/C23H22Cl2N2O7S/c1-31-15-6-4-14(5-7-15)27-35(29,30)16-8-9-20(17(24)10-16)34-13-23(28)26-19-12-21(32-2)18(25)11-22(19)33-3/h4-12,27H,13H2,1-3H3,(H,26,28). The molecule has 3 rings (SSSR count). The third kappa shape index (κ3) is 6.62. The van der Waals surface area contributed by atoms with E-state index in [4.69, 9.17) is 42.1 Å². The van der Waals surface area contributed by atoms with Gasteiger partial charge in [-0.2, -0.15) is 0 Å². The lowest BCUT2D eigenvalue weighted by molar-refractivity contribution is -0.118. The third-order valence-electron chi connectivity index (χ3n) is 4.66. The van der Waals surface area contributed by atoms with Crippen molar-refractivity contribution in [3.63, 3.8) is 0 Å². The number of hydrogen-bond donors (Lipinski definition) is 2. The molecular formula is C23H22Cl2N2O7S. The van der Waals surface area contributed by atoms with E-state index in [1.54, 1.807) is 24.3 Å². The predicted molar refractivity (Wildman–Crippen MR) is 134 cm³/mol. The van der Waals surface area contributed by atoms with Gasteiger partial charge in [-0.1, -0.05) is 23.2 Å². The van der Waals surface area contributed by atoms with Crippen LogP contribution >= 0.6 is 23.2 Å². The number of methoxy groups -OCH3 is 3. The number of nitrogens with one attached hydrogen (secondary N) is 2. The molecule has 9 nitrogen and oxygen atoms in total. The van der Waals surface area contributed by atoms with Crippen molar-refractivity contribution in [2.24, 2.45) is 0 Å². The van der Waals surface area contributed by atoms with Gasteiger partial charge in [0.05, 0.1) is 42.0 Å². The molecule has 0 saturated carbocycles. The van der Waals surface area contributed by atoms with Gasteiger partial charge in [0.15, 0.2) is 6.61 Å². The number of carbonyl (C=O) groups is 1.